The number of anilines is 1. The third-order valence-electron chi connectivity index (χ3n) is 1.41. The maximum Gasteiger partial charge on any atom is 0.139 e. The predicted octanol–water partition coefficient (Wildman–Crippen LogP) is 2.06. The Labute approximate surface area is 80.0 Å². The fourth-order valence-corrected chi connectivity index (χ4v) is 1.91. The van der Waals surface area contributed by atoms with Gasteiger partial charge in [0.25, 0.3) is 0 Å². The van der Waals surface area contributed by atoms with Gasteiger partial charge >= 0.3 is 0 Å². The molecule has 11 heavy (non-hydrogen) atoms. The summed E-state index contributed by atoms with van der Waals surface area (Å²) in [6.07, 6.45) is 0. The molecule has 60 valence electrons. The first-order valence-corrected chi connectivity index (χ1v) is 4.35. The van der Waals surface area contributed by atoms with Crippen LogP contribution in [0, 0.1) is 3.57 Å². The van der Waals surface area contributed by atoms with E-state index in [0.29, 0.717) is 5.75 Å². The van der Waals surface area contributed by atoms with Crippen molar-refractivity contribution < 1.29 is 5.11 Å². The van der Waals surface area contributed by atoms with Gasteiger partial charge in [-0.3, -0.25) is 0 Å². The first kappa shape index (κ1) is 8.64. The third kappa shape index (κ3) is 1.77. The summed E-state index contributed by atoms with van der Waals surface area (Å²) in [6.45, 7) is 0. The molecule has 0 saturated carbocycles. The van der Waals surface area contributed by atoms with Crippen molar-refractivity contribution in [1.29, 1.82) is 0 Å². The lowest BCUT2D eigenvalue weighted by Crippen LogP contribution is -2.10. The lowest BCUT2D eigenvalue weighted by atomic mass is 10.3. The molecule has 1 rings (SSSR count). The van der Waals surface area contributed by atoms with E-state index in [2.05, 4.69) is 22.6 Å². The van der Waals surface area contributed by atoms with Gasteiger partial charge < -0.3 is 10.0 Å². The first-order chi connectivity index (χ1) is 5.13. The third-order valence-corrected chi connectivity index (χ3v) is 2.28. The van der Waals surface area contributed by atoms with Crippen LogP contribution in [0.2, 0.25) is 0 Å². The second kappa shape index (κ2) is 3.30. The molecule has 1 aromatic carbocycles. The average Bonchev–Trinajstić information content (AvgIpc) is 1.85. The number of halogens is 1. The zero-order valence-electron chi connectivity index (χ0n) is 6.50. The smallest absolute Gasteiger partial charge is 0.139 e. The molecule has 3 heteroatoms. The number of hydrogen-bond donors (Lipinski definition) is 1. The quantitative estimate of drug-likeness (QED) is 0.784. The van der Waals surface area contributed by atoms with Gasteiger partial charge in [0.1, 0.15) is 5.75 Å². The minimum atomic E-state index is 0.335. The average molecular weight is 263 g/mol. The summed E-state index contributed by atoms with van der Waals surface area (Å²) in [6, 6.07) is 5.50. The van der Waals surface area contributed by atoms with Crippen LogP contribution in [0.1, 0.15) is 0 Å². The van der Waals surface area contributed by atoms with E-state index in [1.165, 1.54) is 0 Å². The van der Waals surface area contributed by atoms with Crippen LogP contribution in [-0.4, -0.2) is 19.2 Å². The van der Waals surface area contributed by atoms with Crippen LogP contribution in [-0.2, 0) is 0 Å². The lowest BCUT2D eigenvalue weighted by Gasteiger charge is -2.15. The van der Waals surface area contributed by atoms with Crippen molar-refractivity contribution in [3.05, 3.63) is 21.8 Å². The maximum atomic E-state index is 9.42. The Hall–Kier alpha value is -0.450. The van der Waals surface area contributed by atoms with Gasteiger partial charge in [0.15, 0.2) is 0 Å². The standard InChI is InChI=1S/C8H10INO/c1-10(2)8-6(9)4-3-5-7(8)11/h3-5,11H,1-2H3. The van der Waals surface area contributed by atoms with Gasteiger partial charge in [-0.05, 0) is 34.7 Å². The number of nitrogens with zero attached hydrogens (tertiary/aromatic N) is 1. The summed E-state index contributed by atoms with van der Waals surface area (Å²) in [4.78, 5) is 1.90. The predicted molar refractivity (Wildman–Crippen MR) is 55.2 cm³/mol. The Morgan fingerprint density at radius 2 is 2.00 bits per heavy atom. The molecule has 0 saturated heterocycles. The van der Waals surface area contributed by atoms with Crippen LogP contribution in [0.4, 0.5) is 5.69 Å². The number of para-hydroxylation sites is 1. The zero-order chi connectivity index (χ0) is 8.43. The van der Waals surface area contributed by atoms with Crippen LogP contribution < -0.4 is 4.90 Å². The van der Waals surface area contributed by atoms with Gasteiger partial charge in [-0.15, -0.1) is 0 Å². The summed E-state index contributed by atoms with van der Waals surface area (Å²) in [7, 11) is 3.83. The van der Waals surface area contributed by atoms with Crippen LogP contribution in [0.15, 0.2) is 18.2 Å². The number of phenolic OH excluding ortho intramolecular Hbond substituents is 1. The summed E-state index contributed by atoms with van der Waals surface area (Å²) in [5.74, 6) is 0.335. The van der Waals surface area contributed by atoms with Crippen LogP contribution in [0.5, 0.6) is 5.75 Å². The molecular formula is C8H10INO. The highest BCUT2D eigenvalue weighted by Gasteiger charge is 2.05. The Kier molecular flexibility index (Phi) is 2.59. The molecule has 0 atom stereocenters. The van der Waals surface area contributed by atoms with Crippen molar-refractivity contribution in [3.63, 3.8) is 0 Å². The Balaban J connectivity index is 3.21. The molecule has 0 aliphatic carbocycles. The minimum absolute atomic E-state index is 0.335. The molecule has 0 unspecified atom stereocenters. The monoisotopic (exact) mass is 263 g/mol. The summed E-state index contributed by atoms with van der Waals surface area (Å²) < 4.78 is 1.06. The van der Waals surface area contributed by atoms with Crippen molar-refractivity contribution in [2.45, 2.75) is 0 Å². The van der Waals surface area contributed by atoms with Gasteiger partial charge in [-0.2, -0.15) is 0 Å². The van der Waals surface area contributed by atoms with Gasteiger partial charge in [-0.25, -0.2) is 0 Å². The SMILES string of the molecule is CN(C)c1c(O)cccc1I. The summed E-state index contributed by atoms with van der Waals surface area (Å²) >= 11 is 2.20. The Morgan fingerprint density at radius 1 is 1.36 bits per heavy atom. The first-order valence-electron chi connectivity index (χ1n) is 3.27. The largest absolute Gasteiger partial charge is 0.506 e. The highest BCUT2D eigenvalue weighted by atomic mass is 127. The van der Waals surface area contributed by atoms with E-state index in [9.17, 15) is 5.11 Å². The van der Waals surface area contributed by atoms with Crippen molar-refractivity contribution >= 4 is 28.3 Å². The zero-order valence-corrected chi connectivity index (χ0v) is 8.66. The number of hydrogen-bond acceptors (Lipinski definition) is 2. The molecule has 0 fully saturated rings. The number of phenols is 1. The van der Waals surface area contributed by atoms with Crippen molar-refractivity contribution in [2.24, 2.45) is 0 Å². The number of benzene rings is 1. The maximum absolute atomic E-state index is 9.42. The van der Waals surface area contributed by atoms with Gasteiger partial charge in [-0.1, -0.05) is 6.07 Å². The highest BCUT2D eigenvalue weighted by Crippen LogP contribution is 2.30. The minimum Gasteiger partial charge on any atom is -0.506 e. The van der Waals surface area contributed by atoms with Gasteiger partial charge in [0.2, 0.25) is 0 Å². The molecule has 1 aromatic rings. The van der Waals surface area contributed by atoms with E-state index in [1.54, 1.807) is 6.07 Å². The highest BCUT2D eigenvalue weighted by molar-refractivity contribution is 14.1. The second-order valence-electron chi connectivity index (χ2n) is 2.50. The second-order valence-corrected chi connectivity index (χ2v) is 3.66. The molecule has 2 nitrogen and oxygen atoms in total. The molecule has 0 aliphatic rings. The number of aromatic hydroxyl groups is 1. The summed E-state index contributed by atoms with van der Waals surface area (Å²) in [5, 5.41) is 9.42. The van der Waals surface area contributed by atoms with E-state index >= 15 is 0 Å². The van der Waals surface area contributed by atoms with E-state index in [0.717, 1.165) is 9.26 Å². The van der Waals surface area contributed by atoms with Crippen LogP contribution in [0.25, 0.3) is 0 Å². The molecule has 0 amide bonds. The molecule has 0 radical (unpaired) electrons. The van der Waals surface area contributed by atoms with Crippen LogP contribution >= 0.6 is 22.6 Å². The van der Waals surface area contributed by atoms with Crippen molar-refractivity contribution in [3.8, 4) is 5.75 Å². The topological polar surface area (TPSA) is 23.5 Å². The summed E-state index contributed by atoms with van der Waals surface area (Å²) in [5.41, 5.74) is 0.883. The molecule has 0 bridgehead atoms. The molecule has 0 aromatic heterocycles. The molecule has 0 aliphatic heterocycles. The van der Waals surface area contributed by atoms with E-state index in [1.807, 2.05) is 31.1 Å². The fourth-order valence-electron chi connectivity index (χ4n) is 0.947. The molecular weight excluding hydrogens is 253 g/mol. The van der Waals surface area contributed by atoms with Gasteiger partial charge in [0, 0.05) is 17.7 Å². The van der Waals surface area contributed by atoms with Crippen molar-refractivity contribution in [1.82, 2.24) is 0 Å². The van der Waals surface area contributed by atoms with E-state index < -0.39 is 0 Å². The molecule has 1 N–H and O–H groups in total. The normalized spacial score (nSPS) is 9.73. The van der Waals surface area contributed by atoms with Crippen molar-refractivity contribution in [2.75, 3.05) is 19.0 Å². The fraction of sp³-hybridized carbons (Fsp3) is 0.250. The van der Waals surface area contributed by atoms with E-state index in [4.69, 9.17) is 0 Å². The molecule has 0 heterocycles. The van der Waals surface area contributed by atoms with Gasteiger partial charge in [0.05, 0.1) is 5.69 Å². The van der Waals surface area contributed by atoms with Crippen LogP contribution in [0.3, 0.4) is 0 Å². The Morgan fingerprint density at radius 3 is 2.36 bits per heavy atom. The number of rotatable bonds is 1. The lowest BCUT2D eigenvalue weighted by molar-refractivity contribution is 0.475. The molecule has 0 spiro atoms. The van der Waals surface area contributed by atoms with E-state index in [-0.39, 0.29) is 0 Å². The Bertz CT molecular complexity index is 240.